The Kier molecular flexibility index (Phi) is 6.41. The van der Waals surface area contributed by atoms with Crippen molar-refractivity contribution in [2.45, 2.75) is 51.2 Å². The van der Waals surface area contributed by atoms with Gasteiger partial charge in [-0.3, -0.25) is 4.79 Å². The van der Waals surface area contributed by atoms with Crippen molar-refractivity contribution in [1.29, 1.82) is 0 Å². The van der Waals surface area contributed by atoms with E-state index in [2.05, 4.69) is 25.1 Å². The molecule has 0 aromatic carbocycles. The number of carbonyl (C=O) groups is 1. The molecule has 2 saturated heterocycles. The molecule has 1 spiro atoms. The number of hydrogen-bond donors (Lipinski definition) is 3. The Morgan fingerprint density at radius 2 is 1.91 bits per heavy atom. The van der Waals surface area contributed by atoms with Crippen molar-refractivity contribution in [2.24, 2.45) is 5.41 Å². The number of ether oxygens (including phenoxy) is 1. The van der Waals surface area contributed by atoms with Gasteiger partial charge in [0, 0.05) is 26.2 Å². The van der Waals surface area contributed by atoms with Crippen LogP contribution < -0.4 is 15.1 Å². The summed E-state index contributed by atoms with van der Waals surface area (Å²) in [6.45, 7) is 6.90. The highest BCUT2D eigenvalue weighted by Gasteiger charge is 2.45. The lowest BCUT2D eigenvalue weighted by atomic mass is 9.93. The third kappa shape index (κ3) is 5.12. The van der Waals surface area contributed by atoms with Gasteiger partial charge < -0.3 is 30.1 Å². The van der Waals surface area contributed by atoms with Crippen LogP contribution in [0.25, 0.3) is 0 Å². The zero-order valence-electron chi connectivity index (χ0n) is 20.5. The van der Waals surface area contributed by atoms with Crippen LogP contribution in [0.15, 0.2) is 30.3 Å². The number of pyridine rings is 2. The lowest BCUT2D eigenvalue weighted by Crippen LogP contribution is -2.41. The number of nitrogens with zero attached hydrogens (tertiary/aromatic N) is 4. The highest BCUT2D eigenvalue weighted by molar-refractivity contribution is 6.07. The van der Waals surface area contributed by atoms with E-state index in [0.29, 0.717) is 34.9 Å². The van der Waals surface area contributed by atoms with Gasteiger partial charge in [0.1, 0.15) is 23.1 Å². The van der Waals surface area contributed by atoms with Gasteiger partial charge in [0.2, 0.25) is 0 Å². The van der Waals surface area contributed by atoms with Gasteiger partial charge in [0.25, 0.3) is 5.91 Å². The number of aromatic nitrogens is 2. The normalized spacial score (nSPS) is 23.1. The van der Waals surface area contributed by atoms with Gasteiger partial charge in [-0.25, -0.2) is 9.97 Å². The maximum atomic E-state index is 13.4. The van der Waals surface area contributed by atoms with Crippen LogP contribution in [-0.4, -0.2) is 71.6 Å². The average molecular weight is 482 g/mol. The fraction of sp³-hybridized carbons (Fsp3) is 0.577. The Bertz CT molecular complexity index is 1080. The van der Waals surface area contributed by atoms with Crippen molar-refractivity contribution in [3.8, 4) is 0 Å². The van der Waals surface area contributed by atoms with Crippen LogP contribution in [0.1, 0.15) is 55.6 Å². The first-order valence-electron chi connectivity index (χ1n) is 12.5. The molecule has 2 atom stereocenters. The van der Waals surface area contributed by atoms with Crippen molar-refractivity contribution in [3.05, 3.63) is 41.6 Å². The summed E-state index contributed by atoms with van der Waals surface area (Å²) in [6.07, 6.45) is 4.86. The molecular formula is C26H35N5O4. The summed E-state index contributed by atoms with van der Waals surface area (Å²) in [7, 11) is 0. The van der Waals surface area contributed by atoms with Gasteiger partial charge in [0.15, 0.2) is 0 Å². The van der Waals surface area contributed by atoms with E-state index in [1.54, 1.807) is 18.2 Å². The van der Waals surface area contributed by atoms with Crippen LogP contribution in [0.4, 0.5) is 17.5 Å². The third-order valence-electron chi connectivity index (χ3n) is 7.60. The molecule has 1 aliphatic carbocycles. The first-order chi connectivity index (χ1) is 16.8. The van der Waals surface area contributed by atoms with Gasteiger partial charge in [-0.1, -0.05) is 6.07 Å². The second-order valence-electron chi connectivity index (χ2n) is 10.4. The zero-order chi connectivity index (χ0) is 24.6. The fourth-order valence-electron chi connectivity index (χ4n) is 5.00. The van der Waals surface area contributed by atoms with Crippen molar-refractivity contribution in [2.75, 3.05) is 54.5 Å². The van der Waals surface area contributed by atoms with Crippen LogP contribution in [-0.2, 0) is 10.3 Å². The van der Waals surface area contributed by atoms with Crippen molar-refractivity contribution in [3.63, 3.8) is 0 Å². The Morgan fingerprint density at radius 3 is 2.60 bits per heavy atom. The second-order valence-corrected chi connectivity index (χ2v) is 10.4. The molecule has 0 unspecified atom stereocenters. The molecule has 3 aliphatic rings. The number of piperidine rings is 1. The lowest BCUT2D eigenvalue weighted by molar-refractivity contribution is -0.00581. The summed E-state index contributed by atoms with van der Waals surface area (Å²) in [5.41, 5.74) is -0.224. The number of rotatable bonds is 6. The maximum absolute atomic E-state index is 13.4. The Balaban J connectivity index is 1.39. The number of aliphatic hydroxyl groups is 2. The predicted octanol–water partition coefficient (Wildman–Crippen LogP) is 2.53. The minimum absolute atomic E-state index is 0.131. The molecule has 1 saturated carbocycles. The molecule has 2 aromatic heterocycles. The molecular weight excluding hydrogens is 446 g/mol. The highest BCUT2D eigenvalue weighted by Crippen LogP contribution is 2.54. The first kappa shape index (κ1) is 24.0. The Labute approximate surface area is 206 Å². The summed E-state index contributed by atoms with van der Waals surface area (Å²) in [6, 6.07) is 8.90. The third-order valence-corrected chi connectivity index (χ3v) is 7.60. The smallest absolute Gasteiger partial charge is 0.260 e. The SMILES string of the molecule is C[C@@H]1CN(c2cccc(NC(=O)c3ccc([C@@](C)(O)CO)nc3N3CCC4(CC3)CC4)n2)CCO1. The number of hydrogen-bond acceptors (Lipinski definition) is 8. The highest BCUT2D eigenvalue weighted by atomic mass is 16.5. The molecule has 35 heavy (non-hydrogen) atoms. The predicted molar refractivity (Wildman–Crippen MR) is 134 cm³/mol. The van der Waals surface area contributed by atoms with Gasteiger partial charge in [-0.05, 0) is 69.2 Å². The number of morpholine rings is 1. The molecule has 0 bridgehead atoms. The van der Waals surface area contributed by atoms with Gasteiger partial charge in [0.05, 0.1) is 30.6 Å². The molecule has 9 nitrogen and oxygen atoms in total. The largest absolute Gasteiger partial charge is 0.393 e. The molecule has 3 fully saturated rings. The van der Waals surface area contributed by atoms with E-state index in [4.69, 9.17) is 4.74 Å². The molecule has 9 heteroatoms. The number of amides is 1. The summed E-state index contributed by atoms with van der Waals surface area (Å²) >= 11 is 0. The maximum Gasteiger partial charge on any atom is 0.260 e. The summed E-state index contributed by atoms with van der Waals surface area (Å²) in [5, 5.41) is 23.2. The molecule has 2 aromatic rings. The van der Waals surface area contributed by atoms with Crippen LogP contribution in [0.3, 0.4) is 0 Å². The average Bonchev–Trinajstić information content (AvgIpc) is 3.63. The minimum Gasteiger partial charge on any atom is -0.393 e. The van der Waals surface area contributed by atoms with Crippen molar-refractivity contribution in [1.82, 2.24) is 9.97 Å². The molecule has 188 valence electrons. The molecule has 2 aliphatic heterocycles. The van der Waals surface area contributed by atoms with E-state index in [-0.39, 0.29) is 12.0 Å². The zero-order valence-corrected chi connectivity index (χ0v) is 20.5. The van der Waals surface area contributed by atoms with E-state index >= 15 is 0 Å². The summed E-state index contributed by atoms with van der Waals surface area (Å²) in [5.74, 6) is 1.52. The van der Waals surface area contributed by atoms with Crippen molar-refractivity contribution < 1.29 is 19.7 Å². The van der Waals surface area contributed by atoms with E-state index in [0.717, 1.165) is 44.8 Å². The van der Waals surface area contributed by atoms with E-state index in [1.807, 2.05) is 19.1 Å². The number of anilines is 3. The van der Waals surface area contributed by atoms with Gasteiger partial charge >= 0.3 is 0 Å². The molecule has 3 N–H and O–H groups in total. The standard InChI is InChI=1S/C26H35N5O4/c1-18-16-31(14-15-35-18)22-5-3-4-21(28-22)29-24(33)19-6-7-20(25(2,34)17-32)27-23(19)30-12-10-26(8-9-26)11-13-30/h3-7,18,32,34H,8-17H2,1-2H3,(H,28,29,33)/t18-,25+/m1/s1. The molecule has 0 radical (unpaired) electrons. The van der Waals surface area contributed by atoms with Crippen LogP contribution in [0.2, 0.25) is 0 Å². The molecule has 1 amide bonds. The lowest BCUT2D eigenvalue weighted by Gasteiger charge is -2.34. The van der Waals surface area contributed by atoms with Crippen LogP contribution in [0, 0.1) is 5.41 Å². The van der Waals surface area contributed by atoms with Crippen LogP contribution in [0.5, 0.6) is 0 Å². The fourth-order valence-corrected chi connectivity index (χ4v) is 5.00. The van der Waals surface area contributed by atoms with Gasteiger partial charge in [-0.2, -0.15) is 0 Å². The molecule has 4 heterocycles. The van der Waals surface area contributed by atoms with Crippen LogP contribution >= 0.6 is 0 Å². The topological polar surface area (TPSA) is 111 Å². The Morgan fingerprint density at radius 1 is 1.14 bits per heavy atom. The first-order valence-corrected chi connectivity index (χ1v) is 12.5. The number of carbonyl (C=O) groups excluding carboxylic acids is 1. The quantitative estimate of drug-likeness (QED) is 0.577. The number of nitrogens with one attached hydrogen (secondary N) is 1. The summed E-state index contributed by atoms with van der Waals surface area (Å²) in [4.78, 5) is 27.1. The number of aliphatic hydroxyl groups excluding tert-OH is 1. The second kappa shape index (κ2) is 9.37. The van der Waals surface area contributed by atoms with Crippen molar-refractivity contribution >= 4 is 23.4 Å². The summed E-state index contributed by atoms with van der Waals surface area (Å²) < 4.78 is 5.63. The minimum atomic E-state index is -1.48. The Hall–Kier alpha value is -2.75. The molecule has 5 rings (SSSR count). The van der Waals surface area contributed by atoms with E-state index in [9.17, 15) is 15.0 Å². The monoisotopic (exact) mass is 481 g/mol. The van der Waals surface area contributed by atoms with Gasteiger partial charge in [-0.15, -0.1) is 0 Å². The van der Waals surface area contributed by atoms with E-state index in [1.165, 1.54) is 19.8 Å². The van der Waals surface area contributed by atoms with E-state index < -0.39 is 12.2 Å².